The van der Waals surface area contributed by atoms with Crippen LogP contribution < -0.4 is 10.1 Å². The summed E-state index contributed by atoms with van der Waals surface area (Å²) < 4.78 is 11.8. The van der Waals surface area contributed by atoms with Crippen LogP contribution in [-0.4, -0.2) is 20.3 Å². The van der Waals surface area contributed by atoms with E-state index in [2.05, 4.69) is 33.4 Å². The summed E-state index contributed by atoms with van der Waals surface area (Å²) in [5, 5.41) is 4.04. The highest BCUT2D eigenvalue weighted by molar-refractivity contribution is 9.10. The molecule has 2 aromatic rings. The van der Waals surface area contributed by atoms with Gasteiger partial charge in [-0.3, -0.25) is 0 Å². The summed E-state index contributed by atoms with van der Waals surface area (Å²) in [4.78, 5) is 0. The van der Waals surface area contributed by atoms with Crippen LogP contribution in [0.3, 0.4) is 0 Å². The molecule has 0 aromatic heterocycles. The van der Waals surface area contributed by atoms with Crippen LogP contribution >= 0.6 is 39.9 Å². The second-order valence-corrected chi connectivity index (χ2v) is 6.14. The van der Waals surface area contributed by atoms with Crippen molar-refractivity contribution in [2.24, 2.45) is 0 Å². The number of rotatable bonds is 8. The van der Waals surface area contributed by atoms with Gasteiger partial charge in [0, 0.05) is 25.2 Å². The predicted octanol–water partition coefficient (Wildman–Crippen LogP) is 4.84. The third-order valence-electron chi connectivity index (χ3n) is 3.12. The Morgan fingerprint density at radius 3 is 2.43 bits per heavy atom. The van der Waals surface area contributed by atoms with Gasteiger partial charge in [-0.15, -0.1) is 12.4 Å². The van der Waals surface area contributed by atoms with E-state index in [0.717, 1.165) is 33.9 Å². The molecule has 6 heteroatoms. The quantitative estimate of drug-likeness (QED) is 0.619. The van der Waals surface area contributed by atoms with Gasteiger partial charge in [-0.05, 0) is 51.3 Å². The normalized spacial score (nSPS) is 10.2. The van der Waals surface area contributed by atoms with Crippen LogP contribution in [0.15, 0.2) is 46.9 Å². The van der Waals surface area contributed by atoms with Crippen LogP contribution in [0.5, 0.6) is 5.75 Å². The molecule has 0 heterocycles. The SMILES string of the molecule is COCCNCc1ccc(OCc2ccc(Cl)cc2)c(Br)c1.Cl. The zero-order valence-corrected chi connectivity index (χ0v) is 16.0. The zero-order valence-electron chi connectivity index (χ0n) is 12.9. The molecule has 0 aliphatic carbocycles. The molecule has 126 valence electrons. The topological polar surface area (TPSA) is 30.5 Å². The van der Waals surface area contributed by atoms with Crippen molar-refractivity contribution in [2.75, 3.05) is 20.3 Å². The fourth-order valence-electron chi connectivity index (χ4n) is 1.92. The van der Waals surface area contributed by atoms with Gasteiger partial charge in [0.1, 0.15) is 12.4 Å². The molecule has 0 saturated heterocycles. The summed E-state index contributed by atoms with van der Waals surface area (Å²) in [6.07, 6.45) is 0. The molecule has 0 aliphatic rings. The van der Waals surface area contributed by atoms with Crippen molar-refractivity contribution in [1.29, 1.82) is 0 Å². The maximum Gasteiger partial charge on any atom is 0.134 e. The first-order valence-corrected chi connectivity index (χ1v) is 8.21. The Morgan fingerprint density at radius 2 is 1.78 bits per heavy atom. The van der Waals surface area contributed by atoms with Crippen molar-refractivity contribution >= 4 is 39.9 Å². The second-order valence-electron chi connectivity index (χ2n) is 4.85. The average Bonchev–Trinajstić information content (AvgIpc) is 2.52. The Kier molecular flexibility index (Phi) is 9.60. The third kappa shape index (κ3) is 7.10. The van der Waals surface area contributed by atoms with Gasteiger partial charge >= 0.3 is 0 Å². The number of ether oxygens (including phenoxy) is 2. The average molecular weight is 421 g/mol. The first-order valence-electron chi connectivity index (χ1n) is 7.04. The lowest BCUT2D eigenvalue weighted by Crippen LogP contribution is -2.18. The van der Waals surface area contributed by atoms with Crippen LogP contribution in [0.4, 0.5) is 0 Å². The molecule has 3 nitrogen and oxygen atoms in total. The first kappa shape index (κ1) is 20.3. The molecule has 0 atom stereocenters. The van der Waals surface area contributed by atoms with Crippen LogP contribution in [0.2, 0.25) is 5.02 Å². The van der Waals surface area contributed by atoms with Gasteiger partial charge < -0.3 is 14.8 Å². The lowest BCUT2D eigenvalue weighted by molar-refractivity contribution is 0.199. The number of methoxy groups -OCH3 is 1. The minimum Gasteiger partial charge on any atom is -0.488 e. The van der Waals surface area contributed by atoms with Gasteiger partial charge in [-0.2, -0.15) is 0 Å². The molecular formula is C17H20BrCl2NO2. The predicted molar refractivity (Wildman–Crippen MR) is 101 cm³/mol. The number of nitrogens with one attached hydrogen (secondary N) is 1. The van der Waals surface area contributed by atoms with E-state index in [1.165, 1.54) is 5.56 Å². The van der Waals surface area contributed by atoms with Crippen LogP contribution in [0, 0.1) is 0 Å². The summed E-state index contributed by atoms with van der Waals surface area (Å²) in [5.74, 6) is 0.829. The first-order chi connectivity index (χ1) is 10.7. The van der Waals surface area contributed by atoms with Gasteiger partial charge in [0.25, 0.3) is 0 Å². The highest BCUT2D eigenvalue weighted by Crippen LogP contribution is 2.27. The molecular weight excluding hydrogens is 401 g/mol. The highest BCUT2D eigenvalue weighted by atomic mass is 79.9. The monoisotopic (exact) mass is 419 g/mol. The van der Waals surface area contributed by atoms with Gasteiger partial charge in [0.2, 0.25) is 0 Å². The molecule has 2 rings (SSSR count). The molecule has 0 saturated carbocycles. The minimum absolute atomic E-state index is 0. The van der Waals surface area contributed by atoms with E-state index in [4.69, 9.17) is 21.1 Å². The number of hydrogen-bond donors (Lipinski definition) is 1. The van der Waals surface area contributed by atoms with Gasteiger partial charge in [0.15, 0.2) is 0 Å². The Balaban J connectivity index is 0.00000264. The lowest BCUT2D eigenvalue weighted by Gasteiger charge is -2.10. The van der Waals surface area contributed by atoms with Gasteiger partial charge in [0.05, 0.1) is 11.1 Å². The molecule has 0 fully saturated rings. The van der Waals surface area contributed by atoms with E-state index in [9.17, 15) is 0 Å². The highest BCUT2D eigenvalue weighted by Gasteiger charge is 2.03. The van der Waals surface area contributed by atoms with E-state index >= 15 is 0 Å². The van der Waals surface area contributed by atoms with Crippen molar-refractivity contribution in [1.82, 2.24) is 5.32 Å². The number of hydrogen-bond acceptors (Lipinski definition) is 3. The maximum absolute atomic E-state index is 5.87. The molecule has 0 bridgehead atoms. The van der Waals surface area contributed by atoms with Crippen molar-refractivity contribution in [3.8, 4) is 5.75 Å². The smallest absolute Gasteiger partial charge is 0.134 e. The van der Waals surface area contributed by atoms with Crippen LogP contribution in [-0.2, 0) is 17.9 Å². The van der Waals surface area contributed by atoms with Crippen molar-refractivity contribution in [2.45, 2.75) is 13.2 Å². The Morgan fingerprint density at radius 1 is 1.09 bits per heavy atom. The third-order valence-corrected chi connectivity index (χ3v) is 3.99. The van der Waals surface area contributed by atoms with Gasteiger partial charge in [-0.1, -0.05) is 29.8 Å². The fourth-order valence-corrected chi connectivity index (χ4v) is 2.59. The van der Waals surface area contributed by atoms with E-state index in [1.54, 1.807) is 7.11 Å². The molecule has 2 aromatic carbocycles. The molecule has 0 spiro atoms. The summed E-state index contributed by atoms with van der Waals surface area (Å²) in [6.45, 7) is 2.87. The summed E-state index contributed by atoms with van der Waals surface area (Å²) in [6, 6.07) is 13.8. The standard InChI is InChI=1S/C17H19BrClNO2.ClH/c1-21-9-8-20-11-14-4-7-17(16(18)10-14)22-12-13-2-5-15(19)6-3-13;/h2-7,10,20H,8-9,11-12H2,1H3;1H. The Bertz CT molecular complexity index is 594. The van der Waals surface area contributed by atoms with Crippen LogP contribution in [0.25, 0.3) is 0 Å². The van der Waals surface area contributed by atoms with Crippen molar-refractivity contribution < 1.29 is 9.47 Å². The minimum atomic E-state index is 0. The second kappa shape index (κ2) is 10.9. The van der Waals surface area contributed by atoms with E-state index in [0.29, 0.717) is 13.2 Å². The number of halogens is 3. The van der Waals surface area contributed by atoms with E-state index in [-0.39, 0.29) is 12.4 Å². The van der Waals surface area contributed by atoms with Crippen molar-refractivity contribution in [3.05, 3.63) is 63.1 Å². The largest absolute Gasteiger partial charge is 0.488 e. The lowest BCUT2D eigenvalue weighted by atomic mass is 10.2. The summed E-state index contributed by atoms with van der Waals surface area (Å²) >= 11 is 9.43. The Hall–Kier alpha value is -0.780. The summed E-state index contributed by atoms with van der Waals surface area (Å²) in [5.41, 5.74) is 2.28. The van der Waals surface area contributed by atoms with Crippen LogP contribution in [0.1, 0.15) is 11.1 Å². The molecule has 0 radical (unpaired) electrons. The molecule has 1 N–H and O–H groups in total. The maximum atomic E-state index is 5.87. The zero-order chi connectivity index (χ0) is 15.8. The number of benzene rings is 2. The van der Waals surface area contributed by atoms with Crippen molar-refractivity contribution in [3.63, 3.8) is 0 Å². The molecule has 0 aliphatic heterocycles. The fraction of sp³-hybridized carbons (Fsp3) is 0.294. The molecule has 23 heavy (non-hydrogen) atoms. The van der Waals surface area contributed by atoms with E-state index in [1.807, 2.05) is 30.3 Å². The van der Waals surface area contributed by atoms with Gasteiger partial charge in [-0.25, -0.2) is 0 Å². The van der Waals surface area contributed by atoms with E-state index < -0.39 is 0 Å². The Labute approximate surface area is 156 Å². The molecule has 0 unspecified atom stereocenters. The summed E-state index contributed by atoms with van der Waals surface area (Å²) in [7, 11) is 1.70. The molecule has 0 amide bonds.